The van der Waals surface area contributed by atoms with Gasteiger partial charge in [0, 0.05) is 32.0 Å². The Kier molecular flexibility index (Phi) is 12.1. The number of piperidine rings is 1. The Hall–Kier alpha value is -0.130. The molecule has 0 spiro atoms. The molecule has 2 aliphatic heterocycles. The molecule has 0 aliphatic carbocycles. The Balaban J connectivity index is 0.00000364. The first-order valence-corrected chi connectivity index (χ1v) is 11.8. The predicted molar refractivity (Wildman–Crippen MR) is 120 cm³/mol. The van der Waals surface area contributed by atoms with Crippen molar-refractivity contribution in [2.75, 3.05) is 50.9 Å². The van der Waals surface area contributed by atoms with Crippen molar-refractivity contribution in [2.24, 2.45) is 4.99 Å². The van der Waals surface area contributed by atoms with Crippen molar-refractivity contribution in [2.45, 2.75) is 58.2 Å². The molecule has 2 saturated heterocycles. The first-order valence-electron chi connectivity index (χ1n) is 10.0. The Morgan fingerprint density at radius 1 is 1.22 bits per heavy atom. The maximum atomic E-state index is 11.6. The van der Waals surface area contributed by atoms with Gasteiger partial charge in [0.05, 0.1) is 31.1 Å². The molecule has 2 heterocycles. The minimum Gasteiger partial charge on any atom is -0.376 e. The van der Waals surface area contributed by atoms with E-state index in [4.69, 9.17) is 9.47 Å². The summed E-state index contributed by atoms with van der Waals surface area (Å²) in [6, 6.07) is 0. The van der Waals surface area contributed by atoms with Crippen molar-refractivity contribution in [1.82, 2.24) is 10.2 Å². The number of hydrogen-bond donors (Lipinski definition) is 1. The first kappa shape index (κ1) is 24.9. The molecule has 9 heteroatoms. The normalized spacial score (nSPS) is 22.4. The molecule has 1 unspecified atom stereocenters. The van der Waals surface area contributed by atoms with Gasteiger partial charge in [-0.2, -0.15) is 0 Å². The van der Waals surface area contributed by atoms with E-state index in [1.165, 1.54) is 12.8 Å². The summed E-state index contributed by atoms with van der Waals surface area (Å²) in [4.78, 5) is 6.71. The van der Waals surface area contributed by atoms with Crippen LogP contribution < -0.4 is 5.32 Å². The molecule has 0 aromatic carbocycles. The van der Waals surface area contributed by atoms with Crippen LogP contribution in [0.5, 0.6) is 0 Å². The Labute approximate surface area is 181 Å². The second-order valence-electron chi connectivity index (χ2n) is 6.98. The summed E-state index contributed by atoms with van der Waals surface area (Å²) in [5.74, 6) is 1.10. The predicted octanol–water partition coefficient (Wildman–Crippen LogP) is 2.05. The SMILES string of the molecule is CCNC(=NCCS(=O)(=O)CC)N1CCC(OCC2CCCCO2)CC1.I. The van der Waals surface area contributed by atoms with Crippen LogP contribution in [0.3, 0.4) is 0 Å². The minimum absolute atomic E-state index is 0. The topological polar surface area (TPSA) is 80.2 Å². The van der Waals surface area contributed by atoms with Gasteiger partial charge < -0.3 is 19.7 Å². The second-order valence-corrected chi connectivity index (χ2v) is 9.45. The molecule has 0 aromatic rings. The highest BCUT2D eigenvalue weighted by atomic mass is 127. The third-order valence-corrected chi connectivity index (χ3v) is 6.66. The summed E-state index contributed by atoms with van der Waals surface area (Å²) in [5, 5.41) is 3.28. The van der Waals surface area contributed by atoms with Crippen molar-refractivity contribution in [3.63, 3.8) is 0 Å². The molecule has 1 atom stereocenters. The lowest BCUT2D eigenvalue weighted by Crippen LogP contribution is -2.47. The van der Waals surface area contributed by atoms with Gasteiger partial charge in [0.25, 0.3) is 0 Å². The number of aliphatic imine (C=N–C) groups is 1. The Morgan fingerprint density at radius 3 is 2.56 bits per heavy atom. The molecule has 1 N–H and O–H groups in total. The van der Waals surface area contributed by atoms with Gasteiger partial charge in [0.15, 0.2) is 15.8 Å². The van der Waals surface area contributed by atoms with Crippen LogP contribution in [0.4, 0.5) is 0 Å². The molecule has 0 radical (unpaired) electrons. The van der Waals surface area contributed by atoms with Crippen LogP contribution in [0.2, 0.25) is 0 Å². The van der Waals surface area contributed by atoms with Crippen LogP contribution in [0.25, 0.3) is 0 Å². The number of ether oxygens (including phenoxy) is 2. The van der Waals surface area contributed by atoms with E-state index in [-0.39, 0.29) is 47.7 Å². The highest BCUT2D eigenvalue weighted by molar-refractivity contribution is 14.0. The van der Waals surface area contributed by atoms with Gasteiger partial charge in [-0.15, -0.1) is 24.0 Å². The number of guanidine groups is 1. The molecule has 0 bridgehead atoms. The molecular formula is C18H36IN3O4S. The lowest BCUT2D eigenvalue weighted by Gasteiger charge is -2.35. The Bertz CT molecular complexity index is 531. The van der Waals surface area contributed by atoms with Gasteiger partial charge in [-0.3, -0.25) is 4.99 Å². The van der Waals surface area contributed by atoms with Gasteiger partial charge in [0.2, 0.25) is 0 Å². The molecule has 7 nitrogen and oxygen atoms in total. The Morgan fingerprint density at radius 2 is 1.96 bits per heavy atom. The van der Waals surface area contributed by atoms with Crippen LogP contribution in [0.15, 0.2) is 4.99 Å². The first-order chi connectivity index (χ1) is 12.5. The molecule has 2 aliphatic rings. The summed E-state index contributed by atoms with van der Waals surface area (Å²) in [7, 11) is -2.97. The largest absolute Gasteiger partial charge is 0.376 e. The molecule has 160 valence electrons. The molecule has 0 aromatic heterocycles. The van der Waals surface area contributed by atoms with Crippen LogP contribution in [-0.4, -0.2) is 82.4 Å². The fourth-order valence-electron chi connectivity index (χ4n) is 3.28. The summed E-state index contributed by atoms with van der Waals surface area (Å²) in [6.45, 7) is 8.11. The van der Waals surface area contributed by atoms with E-state index in [0.717, 1.165) is 51.5 Å². The second kappa shape index (κ2) is 13.2. The van der Waals surface area contributed by atoms with Crippen molar-refractivity contribution >= 4 is 39.8 Å². The van der Waals surface area contributed by atoms with Crippen LogP contribution in [-0.2, 0) is 19.3 Å². The summed E-state index contributed by atoms with van der Waals surface area (Å²) >= 11 is 0. The van der Waals surface area contributed by atoms with E-state index in [1.807, 2.05) is 6.92 Å². The van der Waals surface area contributed by atoms with Crippen LogP contribution in [0.1, 0.15) is 46.0 Å². The van der Waals surface area contributed by atoms with E-state index in [2.05, 4.69) is 15.2 Å². The number of nitrogens with zero attached hydrogens (tertiary/aromatic N) is 2. The molecule has 0 saturated carbocycles. The molecular weight excluding hydrogens is 481 g/mol. The van der Waals surface area contributed by atoms with Gasteiger partial charge in [-0.05, 0) is 39.0 Å². The van der Waals surface area contributed by atoms with Crippen molar-refractivity contribution in [3.8, 4) is 0 Å². The average Bonchev–Trinajstić information content (AvgIpc) is 2.67. The highest BCUT2D eigenvalue weighted by Crippen LogP contribution is 2.18. The maximum Gasteiger partial charge on any atom is 0.193 e. The zero-order chi connectivity index (χ0) is 18.8. The summed E-state index contributed by atoms with van der Waals surface area (Å²) < 4.78 is 35.0. The molecule has 2 fully saturated rings. The smallest absolute Gasteiger partial charge is 0.193 e. The molecule has 0 amide bonds. The van der Waals surface area contributed by atoms with E-state index in [1.54, 1.807) is 6.92 Å². The summed E-state index contributed by atoms with van der Waals surface area (Å²) in [6.07, 6.45) is 5.98. The number of sulfone groups is 1. The van der Waals surface area contributed by atoms with Crippen molar-refractivity contribution in [3.05, 3.63) is 0 Å². The van der Waals surface area contributed by atoms with E-state index in [0.29, 0.717) is 13.2 Å². The standard InChI is InChI=1S/C18H35N3O4S.HI/c1-3-19-18(20-10-14-26(22,23)4-2)21-11-8-16(9-12-21)25-15-17-7-5-6-13-24-17;/h16-17H,3-15H2,1-2H3,(H,19,20);1H. The summed E-state index contributed by atoms with van der Waals surface area (Å²) in [5.41, 5.74) is 0. The lowest BCUT2D eigenvalue weighted by molar-refractivity contribution is -0.0721. The molecule has 2 rings (SSSR count). The van der Waals surface area contributed by atoms with Crippen molar-refractivity contribution in [1.29, 1.82) is 0 Å². The quantitative estimate of drug-likeness (QED) is 0.302. The fraction of sp³-hybridized carbons (Fsp3) is 0.944. The van der Waals surface area contributed by atoms with Gasteiger partial charge in [-0.25, -0.2) is 8.42 Å². The zero-order valence-corrected chi connectivity index (χ0v) is 19.8. The van der Waals surface area contributed by atoms with Crippen LogP contribution >= 0.6 is 24.0 Å². The lowest BCUT2D eigenvalue weighted by atomic mass is 10.1. The van der Waals surface area contributed by atoms with Gasteiger partial charge in [0.1, 0.15) is 0 Å². The third kappa shape index (κ3) is 9.27. The number of likely N-dealkylation sites (tertiary alicyclic amines) is 1. The van der Waals surface area contributed by atoms with Crippen molar-refractivity contribution < 1.29 is 17.9 Å². The van der Waals surface area contributed by atoms with Crippen LogP contribution in [0, 0.1) is 0 Å². The fourth-order valence-corrected chi connectivity index (χ4v) is 3.94. The van der Waals surface area contributed by atoms with E-state index >= 15 is 0 Å². The minimum atomic E-state index is -2.97. The van der Waals surface area contributed by atoms with E-state index < -0.39 is 9.84 Å². The monoisotopic (exact) mass is 517 g/mol. The number of halogens is 1. The number of nitrogens with one attached hydrogen (secondary N) is 1. The van der Waals surface area contributed by atoms with Gasteiger partial charge >= 0.3 is 0 Å². The number of hydrogen-bond acceptors (Lipinski definition) is 5. The maximum absolute atomic E-state index is 11.6. The zero-order valence-electron chi connectivity index (χ0n) is 16.7. The van der Waals surface area contributed by atoms with E-state index in [9.17, 15) is 8.42 Å². The van der Waals surface area contributed by atoms with Gasteiger partial charge in [-0.1, -0.05) is 6.92 Å². The third-order valence-electron chi connectivity index (χ3n) is 4.97. The molecule has 27 heavy (non-hydrogen) atoms. The highest BCUT2D eigenvalue weighted by Gasteiger charge is 2.23. The average molecular weight is 517 g/mol. The number of rotatable bonds is 8.